The number of fused-ring (bicyclic) bond motifs is 3. The molecule has 5 fully saturated rings. The van der Waals surface area contributed by atoms with Gasteiger partial charge in [0.2, 0.25) is 0 Å². The Kier molecular flexibility index (Phi) is 5.23. The summed E-state index contributed by atoms with van der Waals surface area (Å²) in [5.74, 6) is 0.650. The molecule has 2 aliphatic carbocycles. The van der Waals surface area contributed by atoms with Crippen molar-refractivity contribution in [2.75, 3.05) is 44.2 Å². The smallest absolute Gasteiger partial charge is 0.416 e. The zero-order chi connectivity index (χ0) is 23.7. The summed E-state index contributed by atoms with van der Waals surface area (Å²) >= 11 is 0. The number of rotatable bonds is 3. The quantitative estimate of drug-likeness (QED) is 0.535. The molecule has 0 bridgehead atoms. The second-order valence-electron chi connectivity index (χ2n) is 11.6. The minimum absolute atomic E-state index is 0.0263. The predicted octanol–water partition coefficient (Wildman–Crippen LogP) is 2.94. The van der Waals surface area contributed by atoms with Crippen molar-refractivity contribution in [1.29, 1.82) is 0 Å². The molecule has 5 aliphatic rings. The number of anilines is 1. The Hall–Kier alpha value is -1.80. The Labute approximate surface area is 198 Å². The van der Waals surface area contributed by atoms with Gasteiger partial charge in [0.15, 0.2) is 0 Å². The highest BCUT2D eigenvalue weighted by Gasteiger charge is 2.65. The van der Waals surface area contributed by atoms with E-state index < -0.39 is 11.7 Å². The van der Waals surface area contributed by atoms with Crippen LogP contribution in [0.25, 0.3) is 0 Å². The lowest BCUT2D eigenvalue weighted by Crippen LogP contribution is -3.15. The Balaban J connectivity index is 1.10. The third kappa shape index (κ3) is 3.81. The van der Waals surface area contributed by atoms with E-state index in [4.69, 9.17) is 9.47 Å². The van der Waals surface area contributed by atoms with Gasteiger partial charge in [-0.2, -0.15) is 13.2 Å². The number of epoxide rings is 1. The van der Waals surface area contributed by atoms with E-state index in [0.717, 1.165) is 51.6 Å². The first-order valence-corrected chi connectivity index (χ1v) is 12.8. The molecule has 8 heteroatoms. The number of hydrogen-bond acceptors (Lipinski definition) is 4. The van der Waals surface area contributed by atoms with Crippen LogP contribution in [-0.4, -0.2) is 57.0 Å². The number of carbonyl (C=O) groups is 1. The molecule has 6 unspecified atom stereocenters. The second-order valence-corrected chi connectivity index (χ2v) is 11.6. The second kappa shape index (κ2) is 7.85. The Morgan fingerprint density at radius 1 is 1.21 bits per heavy atom. The first kappa shape index (κ1) is 22.7. The molecule has 3 aliphatic heterocycles. The molecular formula is C26H34F3N2O3+. The molecule has 1 aromatic rings. The van der Waals surface area contributed by atoms with Gasteiger partial charge in [-0.3, -0.25) is 4.79 Å². The first-order chi connectivity index (χ1) is 16.2. The lowest BCUT2D eigenvalue weighted by atomic mass is 9.53. The van der Waals surface area contributed by atoms with E-state index in [9.17, 15) is 18.0 Å². The van der Waals surface area contributed by atoms with Gasteiger partial charge in [-0.1, -0.05) is 13.0 Å². The minimum Gasteiger partial charge on any atom is -0.462 e. The summed E-state index contributed by atoms with van der Waals surface area (Å²) in [6, 6.07) is 5.58. The normalized spacial score (nSPS) is 40.1. The number of carbonyl (C=O) groups excluding carboxylic acids is 1. The molecule has 3 saturated heterocycles. The van der Waals surface area contributed by atoms with Crippen LogP contribution in [-0.2, 0) is 20.4 Å². The van der Waals surface area contributed by atoms with Crippen molar-refractivity contribution >= 4 is 11.7 Å². The third-order valence-electron chi connectivity index (χ3n) is 9.60. The minimum atomic E-state index is -4.33. The molecule has 0 amide bonds. The van der Waals surface area contributed by atoms with Crippen molar-refractivity contribution in [2.45, 2.75) is 56.9 Å². The van der Waals surface area contributed by atoms with E-state index in [0.29, 0.717) is 24.7 Å². The van der Waals surface area contributed by atoms with Crippen LogP contribution in [0.3, 0.4) is 0 Å². The zero-order valence-corrected chi connectivity index (χ0v) is 19.7. The zero-order valence-electron chi connectivity index (χ0n) is 19.7. The number of ether oxygens (including phenoxy) is 2. The predicted molar refractivity (Wildman–Crippen MR) is 119 cm³/mol. The molecule has 186 valence electrons. The van der Waals surface area contributed by atoms with E-state index in [1.54, 1.807) is 6.07 Å². The SMILES string of the molecule is CC12CCCC3(CO3)C1CC1C(C2)OC(=O)C1C[NH+]1CCN(c2cccc(C(F)(F)F)c2)CC1. The molecule has 0 aromatic heterocycles. The molecule has 6 atom stereocenters. The lowest BCUT2D eigenvalue weighted by molar-refractivity contribution is -0.903. The standard InChI is InChI=1S/C26H33F3N2O3/c1-24-6-3-7-25(16-33-25)22(24)13-19-20(23(32)34-21(19)14-24)15-30-8-10-31(11-9-30)18-5-2-4-17(12-18)26(27,28)29/h2,4-5,12,19-22H,3,6-11,13-16H2,1H3/p+1. The fourth-order valence-electron chi connectivity index (χ4n) is 7.67. The van der Waals surface area contributed by atoms with Gasteiger partial charge >= 0.3 is 12.1 Å². The van der Waals surface area contributed by atoms with Gasteiger partial charge in [0.1, 0.15) is 12.0 Å². The number of nitrogens with zero attached hydrogens (tertiary/aromatic N) is 1. The topological polar surface area (TPSA) is 46.5 Å². The van der Waals surface area contributed by atoms with Crippen LogP contribution >= 0.6 is 0 Å². The number of alkyl halides is 3. The number of quaternary nitrogens is 1. The van der Waals surface area contributed by atoms with Crippen LogP contribution in [0.4, 0.5) is 18.9 Å². The van der Waals surface area contributed by atoms with Crippen molar-refractivity contribution in [3.8, 4) is 0 Å². The number of halogens is 3. The average Bonchev–Trinajstić information content (AvgIpc) is 3.50. The molecule has 5 nitrogen and oxygen atoms in total. The fraction of sp³-hybridized carbons (Fsp3) is 0.731. The maximum Gasteiger partial charge on any atom is 0.416 e. The molecule has 2 saturated carbocycles. The summed E-state index contributed by atoms with van der Waals surface area (Å²) in [7, 11) is 0. The fourth-order valence-corrected chi connectivity index (χ4v) is 7.67. The third-order valence-corrected chi connectivity index (χ3v) is 9.60. The van der Waals surface area contributed by atoms with E-state index in [1.807, 2.05) is 4.90 Å². The van der Waals surface area contributed by atoms with Gasteiger partial charge in [0, 0.05) is 11.6 Å². The number of piperazine rings is 1. The lowest BCUT2D eigenvalue weighted by Gasteiger charge is -2.51. The van der Waals surface area contributed by atoms with Gasteiger partial charge < -0.3 is 19.3 Å². The molecule has 0 radical (unpaired) electrons. The van der Waals surface area contributed by atoms with E-state index in [1.165, 1.54) is 29.9 Å². The highest BCUT2D eigenvalue weighted by Crippen LogP contribution is 2.62. The van der Waals surface area contributed by atoms with E-state index in [2.05, 4.69) is 6.92 Å². The van der Waals surface area contributed by atoms with Gasteiger partial charge in [-0.15, -0.1) is 0 Å². The number of esters is 1. The average molecular weight is 480 g/mol. The van der Waals surface area contributed by atoms with Crippen molar-refractivity contribution in [3.63, 3.8) is 0 Å². The van der Waals surface area contributed by atoms with Gasteiger partial charge in [-0.05, 0) is 61.6 Å². The van der Waals surface area contributed by atoms with Crippen LogP contribution in [0, 0.1) is 23.2 Å². The maximum absolute atomic E-state index is 13.1. The van der Waals surface area contributed by atoms with Crippen molar-refractivity contribution in [3.05, 3.63) is 29.8 Å². The van der Waals surface area contributed by atoms with E-state index in [-0.39, 0.29) is 34.9 Å². The van der Waals surface area contributed by atoms with Crippen molar-refractivity contribution in [1.82, 2.24) is 0 Å². The maximum atomic E-state index is 13.1. The van der Waals surface area contributed by atoms with Crippen LogP contribution < -0.4 is 9.80 Å². The van der Waals surface area contributed by atoms with E-state index >= 15 is 0 Å². The van der Waals surface area contributed by atoms with Gasteiger partial charge in [0.25, 0.3) is 0 Å². The highest BCUT2D eigenvalue weighted by atomic mass is 19.4. The first-order valence-electron chi connectivity index (χ1n) is 12.8. The molecular weight excluding hydrogens is 445 g/mol. The molecule has 1 N–H and O–H groups in total. The summed E-state index contributed by atoms with van der Waals surface area (Å²) in [5.41, 5.74) is 0.267. The Morgan fingerprint density at radius 3 is 2.68 bits per heavy atom. The summed E-state index contributed by atoms with van der Waals surface area (Å²) in [6.45, 7) is 6.99. The highest BCUT2D eigenvalue weighted by molar-refractivity contribution is 5.75. The molecule has 6 rings (SSSR count). The van der Waals surface area contributed by atoms with Crippen molar-refractivity contribution < 1.29 is 32.3 Å². The number of hydrogen-bond donors (Lipinski definition) is 1. The summed E-state index contributed by atoms with van der Waals surface area (Å²) < 4.78 is 51.3. The van der Waals surface area contributed by atoms with Crippen LogP contribution in [0.5, 0.6) is 0 Å². The summed E-state index contributed by atoms with van der Waals surface area (Å²) in [6.07, 6.45) is 1.20. The van der Waals surface area contributed by atoms with Crippen molar-refractivity contribution in [2.24, 2.45) is 23.2 Å². The van der Waals surface area contributed by atoms with Crippen LogP contribution in [0.15, 0.2) is 24.3 Å². The monoisotopic (exact) mass is 479 g/mol. The number of nitrogens with one attached hydrogen (secondary N) is 1. The summed E-state index contributed by atoms with van der Waals surface area (Å²) in [4.78, 5) is 16.3. The largest absolute Gasteiger partial charge is 0.462 e. The Morgan fingerprint density at radius 2 is 1.97 bits per heavy atom. The molecule has 1 aromatic carbocycles. The molecule has 34 heavy (non-hydrogen) atoms. The van der Waals surface area contributed by atoms with Gasteiger partial charge in [0.05, 0.1) is 50.5 Å². The number of benzene rings is 1. The Bertz CT molecular complexity index is 957. The van der Waals surface area contributed by atoms with Gasteiger partial charge in [-0.25, -0.2) is 0 Å². The molecule has 3 heterocycles. The molecule has 1 spiro atoms. The van der Waals surface area contributed by atoms with Crippen LogP contribution in [0.1, 0.15) is 44.6 Å². The van der Waals surface area contributed by atoms with Crippen LogP contribution in [0.2, 0.25) is 0 Å². The summed E-state index contributed by atoms with van der Waals surface area (Å²) in [5, 5.41) is 0.